The van der Waals surface area contributed by atoms with Gasteiger partial charge in [-0.05, 0) is 43.6 Å². The summed E-state index contributed by atoms with van der Waals surface area (Å²) in [6.45, 7) is 2.12. The molecular weight excluding hydrogens is 192 g/mol. The lowest BCUT2D eigenvalue weighted by Crippen LogP contribution is -1.90. The maximum atomic E-state index is 2.39. The van der Waals surface area contributed by atoms with Gasteiger partial charge >= 0.3 is 0 Å². The third-order valence-electron chi connectivity index (χ3n) is 3.34. The van der Waals surface area contributed by atoms with E-state index in [2.05, 4.69) is 61.6 Å². The monoisotopic (exact) mass is 212 g/mol. The summed E-state index contributed by atoms with van der Waals surface area (Å²) in [6, 6.07) is 10.6. The fraction of sp³-hybridized carbons (Fsp3) is 0.375. The molecule has 16 heavy (non-hydrogen) atoms. The largest absolute Gasteiger partial charge is 0.0914 e. The minimum absolute atomic E-state index is 0.779. The summed E-state index contributed by atoms with van der Waals surface area (Å²) >= 11 is 0. The van der Waals surface area contributed by atoms with Crippen molar-refractivity contribution in [3.8, 4) is 0 Å². The lowest BCUT2D eigenvalue weighted by molar-refractivity contribution is 0.640. The molecule has 1 fully saturated rings. The zero-order valence-electron chi connectivity index (χ0n) is 9.97. The van der Waals surface area contributed by atoms with Crippen molar-refractivity contribution in [3.63, 3.8) is 0 Å². The van der Waals surface area contributed by atoms with Crippen LogP contribution in [0.4, 0.5) is 0 Å². The van der Waals surface area contributed by atoms with Gasteiger partial charge in [-0.1, -0.05) is 54.6 Å². The molecule has 84 valence electrons. The number of hydrogen-bond acceptors (Lipinski definition) is 0. The molecule has 0 aliphatic heterocycles. The van der Waals surface area contributed by atoms with Gasteiger partial charge in [0.1, 0.15) is 0 Å². The van der Waals surface area contributed by atoms with Crippen molar-refractivity contribution in [2.24, 2.45) is 11.8 Å². The Hall–Kier alpha value is -1.30. The van der Waals surface area contributed by atoms with E-state index in [0.717, 1.165) is 11.8 Å². The van der Waals surface area contributed by atoms with Crippen molar-refractivity contribution >= 4 is 6.08 Å². The van der Waals surface area contributed by atoms with E-state index in [-0.39, 0.29) is 0 Å². The Bertz CT molecular complexity index is 359. The predicted molar refractivity (Wildman–Crippen MR) is 71.1 cm³/mol. The Morgan fingerprint density at radius 3 is 2.38 bits per heavy atom. The van der Waals surface area contributed by atoms with Crippen LogP contribution >= 0.6 is 0 Å². The second kappa shape index (κ2) is 5.69. The van der Waals surface area contributed by atoms with Crippen molar-refractivity contribution in [1.82, 2.24) is 0 Å². The average molecular weight is 212 g/mol. The van der Waals surface area contributed by atoms with E-state index in [0.29, 0.717) is 0 Å². The van der Waals surface area contributed by atoms with E-state index in [1.807, 2.05) is 0 Å². The van der Waals surface area contributed by atoms with Crippen molar-refractivity contribution < 1.29 is 0 Å². The van der Waals surface area contributed by atoms with Crippen LogP contribution in [0.1, 0.15) is 31.7 Å². The van der Waals surface area contributed by atoms with Crippen LogP contribution in [0.2, 0.25) is 0 Å². The van der Waals surface area contributed by atoms with Gasteiger partial charge in [-0.2, -0.15) is 0 Å². The molecule has 1 saturated carbocycles. The highest BCUT2D eigenvalue weighted by Gasteiger charge is 2.19. The normalized spacial score (nSPS) is 25.8. The molecule has 0 aromatic heterocycles. The van der Waals surface area contributed by atoms with Crippen LogP contribution in [-0.2, 0) is 0 Å². The highest BCUT2D eigenvalue weighted by molar-refractivity contribution is 5.49. The standard InChI is InChI=1S/C16H20/c1-2-6-15-11-12-16(13-15)10-9-14-7-4-3-5-8-14/h2-10,15-16H,11-13H2,1H3/b6-2+,10-9+. The smallest absolute Gasteiger partial charge is 0.0224 e. The van der Waals surface area contributed by atoms with Crippen LogP contribution in [0.5, 0.6) is 0 Å². The molecular formula is C16H20. The Kier molecular flexibility index (Phi) is 3.98. The molecule has 0 amide bonds. The summed E-state index contributed by atoms with van der Waals surface area (Å²) in [4.78, 5) is 0. The maximum absolute atomic E-state index is 2.39. The first-order valence-electron chi connectivity index (χ1n) is 6.24. The Balaban J connectivity index is 1.90. The van der Waals surface area contributed by atoms with Gasteiger partial charge in [-0.3, -0.25) is 0 Å². The summed E-state index contributed by atoms with van der Waals surface area (Å²) in [5.74, 6) is 1.59. The van der Waals surface area contributed by atoms with Gasteiger partial charge in [0, 0.05) is 0 Å². The minimum atomic E-state index is 0.779. The van der Waals surface area contributed by atoms with Crippen molar-refractivity contribution in [1.29, 1.82) is 0 Å². The summed E-state index contributed by atoms with van der Waals surface area (Å²) in [5.41, 5.74) is 1.32. The van der Waals surface area contributed by atoms with E-state index in [1.165, 1.54) is 24.8 Å². The maximum Gasteiger partial charge on any atom is -0.0224 e. The van der Waals surface area contributed by atoms with Crippen LogP contribution in [0.25, 0.3) is 6.08 Å². The average Bonchev–Trinajstić information content (AvgIpc) is 2.76. The van der Waals surface area contributed by atoms with E-state index >= 15 is 0 Å². The molecule has 0 bridgehead atoms. The van der Waals surface area contributed by atoms with Crippen LogP contribution in [0.15, 0.2) is 48.6 Å². The molecule has 0 radical (unpaired) electrons. The first-order chi connectivity index (χ1) is 7.88. The number of allylic oxidation sites excluding steroid dienone is 3. The van der Waals surface area contributed by atoms with Gasteiger partial charge < -0.3 is 0 Å². The first kappa shape index (κ1) is 11.2. The van der Waals surface area contributed by atoms with Crippen molar-refractivity contribution in [2.45, 2.75) is 26.2 Å². The lowest BCUT2D eigenvalue weighted by Gasteiger charge is -2.02. The number of rotatable bonds is 3. The zero-order chi connectivity index (χ0) is 11.2. The SMILES string of the molecule is C/C=C/C1CCC(/C=C/c2ccccc2)C1. The summed E-state index contributed by atoms with van der Waals surface area (Å²) in [5, 5.41) is 0. The molecule has 1 aliphatic rings. The summed E-state index contributed by atoms with van der Waals surface area (Å²) in [6.07, 6.45) is 13.2. The molecule has 0 heteroatoms. The molecule has 1 aromatic rings. The molecule has 0 spiro atoms. The molecule has 0 saturated heterocycles. The summed E-state index contributed by atoms with van der Waals surface area (Å²) < 4.78 is 0. The fourth-order valence-electron chi connectivity index (χ4n) is 2.49. The van der Waals surface area contributed by atoms with E-state index < -0.39 is 0 Å². The molecule has 2 unspecified atom stereocenters. The van der Waals surface area contributed by atoms with Crippen LogP contribution in [0, 0.1) is 11.8 Å². The third kappa shape index (κ3) is 3.10. The minimum Gasteiger partial charge on any atom is -0.0914 e. The number of hydrogen-bond donors (Lipinski definition) is 0. The highest BCUT2D eigenvalue weighted by atomic mass is 14.2. The highest BCUT2D eigenvalue weighted by Crippen LogP contribution is 2.32. The molecule has 0 N–H and O–H groups in total. The topological polar surface area (TPSA) is 0 Å². The van der Waals surface area contributed by atoms with Gasteiger partial charge in [-0.15, -0.1) is 0 Å². The molecule has 1 aromatic carbocycles. The Labute approximate surface area is 98.7 Å². The molecule has 1 aliphatic carbocycles. The third-order valence-corrected chi connectivity index (χ3v) is 3.34. The van der Waals surface area contributed by atoms with Crippen LogP contribution < -0.4 is 0 Å². The van der Waals surface area contributed by atoms with E-state index in [4.69, 9.17) is 0 Å². The Morgan fingerprint density at radius 1 is 1.00 bits per heavy atom. The van der Waals surface area contributed by atoms with Gasteiger partial charge in [0.2, 0.25) is 0 Å². The van der Waals surface area contributed by atoms with Crippen molar-refractivity contribution in [2.75, 3.05) is 0 Å². The molecule has 0 heterocycles. The number of benzene rings is 1. The lowest BCUT2D eigenvalue weighted by atomic mass is 10.0. The zero-order valence-corrected chi connectivity index (χ0v) is 9.97. The van der Waals surface area contributed by atoms with Gasteiger partial charge in [-0.25, -0.2) is 0 Å². The van der Waals surface area contributed by atoms with Gasteiger partial charge in [0.15, 0.2) is 0 Å². The summed E-state index contributed by atoms with van der Waals surface area (Å²) in [7, 11) is 0. The van der Waals surface area contributed by atoms with Crippen LogP contribution in [0.3, 0.4) is 0 Å². The van der Waals surface area contributed by atoms with E-state index in [9.17, 15) is 0 Å². The van der Waals surface area contributed by atoms with Crippen molar-refractivity contribution in [3.05, 3.63) is 54.1 Å². The van der Waals surface area contributed by atoms with Crippen LogP contribution in [-0.4, -0.2) is 0 Å². The second-order valence-corrected chi connectivity index (χ2v) is 4.63. The van der Waals surface area contributed by atoms with Gasteiger partial charge in [0.25, 0.3) is 0 Å². The first-order valence-corrected chi connectivity index (χ1v) is 6.24. The second-order valence-electron chi connectivity index (χ2n) is 4.63. The van der Waals surface area contributed by atoms with E-state index in [1.54, 1.807) is 0 Å². The quantitative estimate of drug-likeness (QED) is 0.637. The Morgan fingerprint density at radius 2 is 1.69 bits per heavy atom. The van der Waals surface area contributed by atoms with Gasteiger partial charge in [0.05, 0.1) is 0 Å². The molecule has 2 atom stereocenters. The fourth-order valence-corrected chi connectivity index (χ4v) is 2.49. The predicted octanol–water partition coefficient (Wildman–Crippen LogP) is 4.69. The molecule has 2 rings (SSSR count). The molecule has 0 nitrogen and oxygen atoms in total.